The minimum atomic E-state index is 0.448. The smallest absolute Gasteiger partial charge is 0.299 e. The number of halogens is 1. The predicted octanol–water partition coefficient (Wildman–Crippen LogP) is 5.05. The molecule has 0 bridgehead atoms. The van der Waals surface area contributed by atoms with E-state index in [4.69, 9.17) is 16.0 Å². The lowest BCUT2D eigenvalue weighted by Gasteiger charge is -2.04. The number of aryl methyl sites for hydroxylation is 1. The van der Waals surface area contributed by atoms with Crippen LogP contribution in [0, 0.1) is 6.92 Å². The molecule has 0 amide bonds. The number of oxazole rings is 1. The summed E-state index contributed by atoms with van der Waals surface area (Å²) in [7, 11) is 0. The van der Waals surface area contributed by atoms with Crippen LogP contribution in [0.25, 0.3) is 11.3 Å². The molecular weight excluding hydrogens is 272 g/mol. The van der Waals surface area contributed by atoms with Crippen molar-refractivity contribution in [3.05, 3.63) is 65.3 Å². The summed E-state index contributed by atoms with van der Waals surface area (Å²) in [5.41, 5.74) is 2.88. The molecule has 1 N–H and O–H groups in total. The maximum absolute atomic E-state index is 6.09. The molecule has 20 heavy (non-hydrogen) atoms. The first kappa shape index (κ1) is 12.8. The Balaban J connectivity index is 1.82. The first-order valence-electron chi connectivity index (χ1n) is 6.27. The molecule has 0 spiro atoms. The molecule has 0 saturated heterocycles. The Bertz CT molecular complexity index is 722. The largest absolute Gasteiger partial charge is 0.423 e. The summed E-state index contributed by atoms with van der Waals surface area (Å²) < 4.78 is 5.68. The molecule has 2 aromatic carbocycles. The fourth-order valence-corrected chi connectivity index (χ4v) is 2.04. The normalized spacial score (nSPS) is 10.5. The maximum Gasteiger partial charge on any atom is 0.299 e. The van der Waals surface area contributed by atoms with E-state index >= 15 is 0 Å². The Kier molecular flexibility index (Phi) is 3.44. The van der Waals surface area contributed by atoms with Gasteiger partial charge in [0.1, 0.15) is 0 Å². The van der Waals surface area contributed by atoms with E-state index in [2.05, 4.69) is 10.3 Å². The zero-order valence-corrected chi connectivity index (χ0v) is 11.7. The Morgan fingerprint density at radius 1 is 1.10 bits per heavy atom. The highest BCUT2D eigenvalue weighted by Crippen LogP contribution is 2.26. The van der Waals surface area contributed by atoms with Gasteiger partial charge < -0.3 is 9.73 Å². The van der Waals surface area contributed by atoms with Crippen LogP contribution >= 0.6 is 11.6 Å². The van der Waals surface area contributed by atoms with Crippen molar-refractivity contribution in [2.75, 3.05) is 5.32 Å². The number of rotatable bonds is 3. The molecule has 1 aromatic heterocycles. The van der Waals surface area contributed by atoms with Gasteiger partial charge in [0.05, 0.1) is 6.20 Å². The zero-order valence-electron chi connectivity index (χ0n) is 10.9. The molecule has 0 aliphatic carbocycles. The van der Waals surface area contributed by atoms with Crippen molar-refractivity contribution in [3.63, 3.8) is 0 Å². The van der Waals surface area contributed by atoms with Crippen LogP contribution in [0.2, 0.25) is 5.02 Å². The van der Waals surface area contributed by atoms with Crippen molar-refractivity contribution in [2.24, 2.45) is 0 Å². The summed E-state index contributed by atoms with van der Waals surface area (Å²) in [4.78, 5) is 4.22. The Hall–Kier alpha value is -2.26. The number of nitrogens with one attached hydrogen (secondary N) is 1. The van der Waals surface area contributed by atoms with Crippen LogP contribution in [-0.2, 0) is 0 Å². The average molecular weight is 285 g/mol. The monoisotopic (exact) mass is 284 g/mol. The van der Waals surface area contributed by atoms with E-state index in [9.17, 15) is 0 Å². The fourth-order valence-electron chi connectivity index (χ4n) is 1.86. The highest BCUT2D eigenvalue weighted by molar-refractivity contribution is 6.31. The van der Waals surface area contributed by atoms with Gasteiger partial charge in [-0.15, -0.1) is 0 Å². The van der Waals surface area contributed by atoms with Crippen molar-refractivity contribution in [3.8, 4) is 11.3 Å². The topological polar surface area (TPSA) is 38.1 Å². The molecule has 100 valence electrons. The van der Waals surface area contributed by atoms with E-state index in [-0.39, 0.29) is 0 Å². The lowest BCUT2D eigenvalue weighted by atomic mass is 10.2. The van der Waals surface area contributed by atoms with Crippen LogP contribution in [-0.4, -0.2) is 4.98 Å². The van der Waals surface area contributed by atoms with Gasteiger partial charge in [-0.05, 0) is 24.6 Å². The Labute approximate surface area is 122 Å². The maximum atomic E-state index is 6.09. The zero-order chi connectivity index (χ0) is 13.9. The first-order chi connectivity index (χ1) is 9.72. The second kappa shape index (κ2) is 5.39. The number of anilines is 2. The van der Waals surface area contributed by atoms with E-state index < -0.39 is 0 Å². The van der Waals surface area contributed by atoms with Crippen LogP contribution in [0.5, 0.6) is 0 Å². The van der Waals surface area contributed by atoms with Crippen molar-refractivity contribution in [1.82, 2.24) is 4.98 Å². The summed E-state index contributed by atoms with van der Waals surface area (Å²) in [6.45, 7) is 1.96. The van der Waals surface area contributed by atoms with Crippen molar-refractivity contribution >= 4 is 23.3 Å². The number of benzene rings is 2. The van der Waals surface area contributed by atoms with Gasteiger partial charge in [0.2, 0.25) is 0 Å². The van der Waals surface area contributed by atoms with Gasteiger partial charge in [-0.2, -0.15) is 0 Å². The molecule has 0 atom stereocenters. The molecule has 0 aliphatic heterocycles. The number of nitrogens with zero attached hydrogens (tertiary/aromatic N) is 1. The molecule has 1 heterocycles. The van der Waals surface area contributed by atoms with Crippen LogP contribution in [0.4, 0.5) is 11.7 Å². The second-order valence-electron chi connectivity index (χ2n) is 4.48. The van der Waals surface area contributed by atoms with Crippen LogP contribution in [0.1, 0.15) is 5.56 Å². The molecule has 3 nitrogen and oxygen atoms in total. The Morgan fingerprint density at radius 2 is 1.90 bits per heavy atom. The molecule has 0 radical (unpaired) electrons. The van der Waals surface area contributed by atoms with Gasteiger partial charge in [0.15, 0.2) is 5.76 Å². The fraction of sp³-hybridized carbons (Fsp3) is 0.0625. The highest BCUT2D eigenvalue weighted by Gasteiger charge is 2.06. The van der Waals surface area contributed by atoms with Crippen LogP contribution in [0.3, 0.4) is 0 Å². The third kappa shape index (κ3) is 2.68. The lowest BCUT2D eigenvalue weighted by molar-refractivity contribution is 0.592. The quantitative estimate of drug-likeness (QED) is 0.731. The average Bonchev–Trinajstić information content (AvgIpc) is 2.92. The molecule has 0 aliphatic rings. The van der Waals surface area contributed by atoms with Gasteiger partial charge in [-0.3, -0.25) is 0 Å². The molecule has 3 rings (SSSR count). The highest BCUT2D eigenvalue weighted by atomic mass is 35.5. The second-order valence-corrected chi connectivity index (χ2v) is 4.89. The van der Waals surface area contributed by atoms with Crippen LogP contribution < -0.4 is 5.32 Å². The van der Waals surface area contributed by atoms with Gasteiger partial charge in [0, 0.05) is 16.3 Å². The van der Waals surface area contributed by atoms with E-state index in [0.717, 1.165) is 22.6 Å². The number of aromatic nitrogens is 1. The Morgan fingerprint density at radius 3 is 2.65 bits per heavy atom. The lowest BCUT2D eigenvalue weighted by Crippen LogP contribution is -1.90. The molecule has 4 heteroatoms. The standard InChI is InChI=1S/C16H13ClN2O/c1-11-7-8-13(9-14(11)17)19-16-18-10-15(20-16)12-5-3-2-4-6-12/h2-10H,1H3,(H,18,19). The molecule has 0 fully saturated rings. The molecular formula is C16H13ClN2O. The number of hydrogen-bond donors (Lipinski definition) is 1. The molecule has 3 aromatic rings. The summed E-state index contributed by atoms with van der Waals surface area (Å²) in [6, 6.07) is 16.0. The van der Waals surface area contributed by atoms with E-state index in [0.29, 0.717) is 11.0 Å². The summed E-state index contributed by atoms with van der Waals surface area (Å²) in [5, 5.41) is 3.81. The third-order valence-electron chi connectivity index (χ3n) is 2.99. The van der Waals surface area contributed by atoms with Gasteiger partial charge in [-0.25, -0.2) is 4.98 Å². The van der Waals surface area contributed by atoms with E-state index in [1.54, 1.807) is 6.20 Å². The van der Waals surface area contributed by atoms with E-state index in [1.807, 2.05) is 55.5 Å². The van der Waals surface area contributed by atoms with E-state index in [1.165, 1.54) is 0 Å². The first-order valence-corrected chi connectivity index (χ1v) is 6.64. The van der Waals surface area contributed by atoms with Crippen molar-refractivity contribution in [1.29, 1.82) is 0 Å². The van der Waals surface area contributed by atoms with Crippen LogP contribution in [0.15, 0.2) is 59.1 Å². The number of hydrogen-bond acceptors (Lipinski definition) is 3. The third-order valence-corrected chi connectivity index (χ3v) is 3.39. The summed E-state index contributed by atoms with van der Waals surface area (Å²) in [5.74, 6) is 0.728. The minimum absolute atomic E-state index is 0.448. The van der Waals surface area contributed by atoms with Crippen molar-refractivity contribution < 1.29 is 4.42 Å². The van der Waals surface area contributed by atoms with Gasteiger partial charge >= 0.3 is 0 Å². The molecule has 0 unspecified atom stereocenters. The molecule has 0 saturated carbocycles. The predicted molar refractivity (Wildman–Crippen MR) is 81.4 cm³/mol. The van der Waals surface area contributed by atoms with Gasteiger partial charge in [-0.1, -0.05) is 48.0 Å². The van der Waals surface area contributed by atoms with Gasteiger partial charge in [0.25, 0.3) is 6.01 Å². The summed E-state index contributed by atoms with van der Waals surface area (Å²) in [6.07, 6.45) is 1.70. The summed E-state index contributed by atoms with van der Waals surface area (Å²) >= 11 is 6.09. The van der Waals surface area contributed by atoms with Crippen molar-refractivity contribution in [2.45, 2.75) is 6.92 Å². The SMILES string of the molecule is Cc1ccc(Nc2ncc(-c3ccccc3)o2)cc1Cl. The minimum Gasteiger partial charge on any atom is -0.423 e.